The van der Waals surface area contributed by atoms with Crippen LogP contribution in [-0.2, 0) is 19.4 Å². The number of hydrogen-bond acceptors (Lipinski definition) is 1. The predicted molar refractivity (Wildman–Crippen MR) is 85.8 cm³/mol. The number of nitrogens with zero attached hydrogens (tertiary/aromatic N) is 1. The summed E-state index contributed by atoms with van der Waals surface area (Å²) in [5.74, 6) is 0.295. The molecule has 2 nitrogen and oxygen atoms in total. The average Bonchev–Trinajstić information content (AvgIpc) is 2.81. The van der Waals surface area contributed by atoms with Gasteiger partial charge in [-0.2, -0.15) is 0 Å². The quantitative estimate of drug-likeness (QED) is 0.824. The van der Waals surface area contributed by atoms with E-state index in [4.69, 9.17) is 0 Å². The largest absolute Gasteiger partial charge is 0.346 e. The molecule has 0 bridgehead atoms. The molecular formula is C19H23NO. The van der Waals surface area contributed by atoms with Crippen LogP contribution in [0.1, 0.15) is 54.4 Å². The van der Waals surface area contributed by atoms with Crippen LogP contribution in [0.15, 0.2) is 36.5 Å². The van der Waals surface area contributed by atoms with Gasteiger partial charge in [0.1, 0.15) is 0 Å². The van der Waals surface area contributed by atoms with E-state index >= 15 is 0 Å². The molecule has 0 aliphatic heterocycles. The third kappa shape index (κ3) is 2.67. The standard InChI is InChI=1S/C19H23NO/c1-4-14-7-5-6-8-15(14)13-20-10-9-16-17(20)11-19(2,3)12-18(16)21/h5-10H,4,11-13H2,1-3H3. The van der Waals surface area contributed by atoms with E-state index in [-0.39, 0.29) is 5.41 Å². The summed E-state index contributed by atoms with van der Waals surface area (Å²) in [6.45, 7) is 7.43. The molecule has 1 aliphatic carbocycles. The average molecular weight is 281 g/mol. The molecule has 0 N–H and O–H groups in total. The molecule has 110 valence electrons. The highest BCUT2D eigenvalue weighted by Crippen LogP contribution is 2.35. The van der Waals surface area contributed by atoms with Crippen molar-refractivity contribution in [1.82, 2.24) is 4.57 Å². The molecule has 0 saturated carbocycles. The second kappa shape index (κ2) is 5.18. The van der Waals surface area contributed by atoms with Crippen molar-refractivity contribution < 1.29 is 4.79 Å². The molecule has 0 spiro atoms. The zero-order valence-electron chi connectivity index (χ0n) is 13.1. The van der Waals surface area contributed by atoms with Gasteiger partial charge in [-0.15, -0.1) is 0 Å². The summed E-state index contributed by atoms with van der Waals surface area (Å²) in [4.78, 5) is 12.3. The van der Waals surface area contributed by atoms with Crippen molar-refractivity contribution >= 4 is 5.78 Å². The summed E-state index contributed by atoms with van der Waals surface area (Å²) < 4.78 is 2.27. The van der Waals surface area contributed by atoms with Gasteiger partial charge in [0.2, 0.25) is 0 Å². The highest BCUT2D eigenvalue weighted by atomic mass is 16.1. The van der Waals surface area contributed by atoms with Crippen molar-refractivity contribution in [2.24, 2.45) is 5.41 Å². The number of aromatic nitrogens is 1. The first kappa shape index (κ1) is 14.1. The van der Waals surface area contributed by atoms with Crippen molar-refractivity contribution in [3.8, 4) is 0 Å². The Kier molecular flexibility index (Phi) is 3.48. The van der Waals surface area contributed by atoms with Gasteiger partial charge >= 0.3 is 0 Å². The van der Waals surface area contributed by atoms with E-state index in [0.717, 1.165) is 24.9 Å². The van der Waals surface area contributed by atoms with Crippen LogP contribution in [-0.4, -0.2) is 10.4 Å². The van der Waals surface area contributed by atoms with E-state index in [0.29, 0.717) is 12.2 Å². The molecular weight excluding hydrogens is 258 g/mol. The zero-order valence-corrected chi connectivity index (χ0v) is 13.1. The lowest BCUT2D eigenvalue weighted by atomic mass is 9.76. The molecule has 0 atom stereocenters. The third-order valence-electron chi connectivity index (χ3n) is 4.50. The molecule has 1 aromatic heterocycles. The maximum atomic E-state index is 12.3. The molecule has 1 aliphatic rings. The number of carbonyl (C=O) groups is 1. The Hall–Kier alpha value is -1.83. The Labute approximate surface area is 126 Å². The second-order valence-electron chi connectivity index (χ2n) is 6.87. The summed E-state index contributed by atoms with van der Waals surface area (Å²) >= 11 is 0. The minimum absolute atomic E-state index is 0.0739. The molecule has 0 radical (unpaired) electrons. The fraction of sp³-hybridized carbons (Fsp3) is 0.421. The highest BCUT2D eigenvalue weighted by Gasteiger charge is 2.32. The molecule has 0 saturated heterocycles. The van der Waals surface area contributed by atoms with Crippen LogP contribution in [0, 0.1) is 5.41 Å². The highest BCUT2D eigenvalue weighted by molar-refractivity contribution is 5.98. The predicted octanol–water partition coefficient (Wildman–Crippen LogP) is 4.25. The van der Waals surface area contributed by atoms with Crippen LogP contribution >= 0.6 is 0 Å². The first-order chi connectivity index (χ1) is 10.00. The van der Waals surface area contributed by atoms with E-state index in [1.165, 1.54) is 16.8 Å². The molecule has 2 heteroatoms. The third-order valence-corrected chi connectivity index (χ3v) is 4.50. The van der Waals surface area contributed by atoms with E-state index in [1.54, 1.807) is 0 Å². The van der Waals surface area contributed by atoms with E-state index < -0.39 is 0 Å². The number of aryl methyl sites for hydroxylation is 1. The van der Waals surface area contributed by atoms with Gasteiger partial charge in [0, 0.05) is 30.4 Å². The summed E-state index contributed by atoms with van der Waals surface area (Å²) in [5, 5.41) is 0. The molecule has 21 heavy (non-hydrogen) atoms. The number of Topliss-reactive ketones (excluding diaryl/α,β-unsaturated/α-hetero) is 1. The summed E-state index contributed by atoms with van der Waals surface area (Å²) in [7, 11) is 0. The first-order valence-corrected chi connectivity index (χ1v) is 7.78. The Balaban J connectivity index is 1.97. The number of benzene rings is 1. The molecule has 1 aromatic carbocycles. The maximum absolute atomic E-state index is 12.3. The van der Waals surface area contributed by atoms with Gasteiger partial charge in [0.25, 0.3) is 0 Å². The van der Waals surface area contributed by atoms with Gasteiger partial charge in [0.05, 0.1) is 0 Å². The summed E-state index contributed by atoms with van der Waals surface area (Å²) in [6, 6.07) is 10.6. The molecule has 0 amide bonds. The van der Waals surface area contributed by atoms with E-state index in [9.17, 15) is 4.79 Å². The van der Waals surface area contributed by atoms with Gasteiger partial charge in [-0.25, -0.2) is 0 Å². The van der Waals surface area contributed by atoms with Gasteiger partial charge < -0.3 is 4.57 Å². The van der Waals surface area contributed by atoms with Gasteiger partial charge in [-0.1, -0.05) is 45.0 Å². The minimum atomic E-state index is 0.0739. The Morgan fingerprint density at radius 1 is 1.10 bits per heavy atom. The van der Waals surface area contributed by atoms with Gasteiger partial charge in [-0.05, 0) is 35.4 Å². The molecule has 1 heterocycles. The Morgan fingerprint density at radius 3 is 2.52 bits per heavy atom. The smallest absolute Gasteiger partial charge is 0.165 e. The van der Waals surface area contributed by atoms with Crippen LogP contribution in [0.25, 0.3) is 0 Å². The topological polar surface area (TPSA) is 22.0 Å². The van der Waals surface area contributed by atoms with Crippen LogP contribution in [0.4, 0.5) is 0 Å². The number of fused-ring (bicyclic) bond motifs is 1. The molecule has 3 rings (SSSR count). The van der Waals surface area contributed by atoms with Crippen molar-refractivity contribution in [3.05, 3.63) is 58.9 Å². The Morgan fingerprint density at radius 2 is 1.81 bits per heavy atom. The van der Waals surface area contributed by atoms with Gasteiger partial charge in [-0.3, -0.25) is 4.79 Å². The molecule has 2 aromatic rings. The number of rotatable bonds is 3. The lowest BCUT2D eigenvalue weighted by Gasteiger charge is -2.29. The zero-order chi connectivity index (χ0) is 15.0. The summed E-state index contributed by atoms with van der Waals surface area (Å²) in [6.07, 6.45) is 4.77. The lowest BCUT2D eigenvalue weighted by Crippen LogP contribution is -2.28. The lowest BCUT2D eigenvalue weighted by molar-refractivity contribution is 0.0910. The van der Waals surface area contributed by atoms with Crippen LogP contribution in [0.3, 0.4) is 0 Å². The second-order valence-corrected chi connectivity index (χ2v) is 6.87. The molecule has 0 fully saturated rings. The van der Waals surface area contributed by atoms with Crippen molar-refractivity contribution in [3.63, 3.8) is 0 Å². The first-order valence-electron chi connectivity index (χ1n) is 7.78. The van der Waals surface area contributed by atoms with Crippen molar-refractivity contribution in [2.45, 2.75) is 46.6 Å². The normalized spacial score (nSPS) is 16.8. The monoisotopic (exact) mass is 281 g/mol. The minimum Gasteiger partial charge on any atom is -0.346 e. The van der Waals surface area contributed by atoms with E-state index in [1.807, 2.05) is 6.07 Å². The summed E-state index contributed by atoms with van der Waals surface area (Å²) in [5.41, 5.74) is 4.96. The molecule has 0 unspecified atom stereocenters. The fourth-order valence-electron chi connectivity index (χ4n) is 3.39. The van der Waals surface area contributed by atoms with Crippen LogP contribution < -0.4 is 0 Å². The van der Waals surface area contributed by atoms with E-state index in [2.05, 4.69) is 55.8 Å². The maximum Gasteiger partial charge on any atom is 0.165 e. The number of ketones is 1. The van der Waals surface area contributed by atoms with Crippen molar-refractivity contribution in [2.75, 3.05) is 0 Å². The fourth-order valence-corrected chi connectivity index (χ4v) is 3.39. The SMILES string of the molecule is CCc1ccccc1Cn1ccc2c1CC(C)(C)CC2=O. The van der Waals surface area contributed by atoms with Crippen LogP contribution in [0.5, 0.6) is 0 Å². The van der Waals surface area contributed by atoms with Crippen molar-refractivity contribution in [1.29, 1.82) is 0 Å². The van der Waals surface area contributed by atoms with Crippen LogP contribution in [0.2, 0.25) is 0 Å². The number of hydrogen-bond donors (Lipinski definition) is 0. The Bertz CT molecular complexity index is 679. The number of carbonyl (C=O) groups excluding carboxylic acids is 1. The van der Waals surface area contributed by atoms with Gasteiger partial charge in [0.15, 0.2) is 5.78 Å².